The number of hydrogen-bond donors (Lipinski definition) is 2. The molecule has 0 atom stereocenters. The van der Waals surface area contributed by atoms with Gasteiger partial charge in [0.15, 0.2) is 0 Å². The highest BCUT2D eigenvalue weighted by Gasteiger charge is 2.30. The Morgan fingerprint density at radius 1 is 1.07 bits per heavy atom. The summed E-state index contributed by atoms with van der Waals surface area (Å²) in [5.41, 5.74) is 1.86. The predicted octanol–water partition coefficient (Wildman–Crippen LogP) is 5.08. The molecule has 0 amide bonds. The molecule has 0 fully saturated rings. The third-order valence-electron chi connectivity index (χ3n) is 4.84. The van der Waals surface area contributed by atoms with E-state index in [1.54, 1.807) is 18.2 Å². The number of hydrogen-bond acceptors (Lipinski definition) is 6. The first kappa shape index (κ1) is 22.1. The van der Waals surface area contributed by atoms with Crippen molar-refractivity contribution < 1.29 is 18.6 Å². The maximum absolute atomic E-state index is 13.4. The van der Waals surface area contributed by atoms with Crippen LogP contribution in [0.4, 0.5) is 0 Å². The van der Waals surface area contributed by atoms with Gasteiger partial charge in [0.05, 0.1) is 18.0 Å². The van der Waals surface area contributed by atoms with Crippen molar-refractivity contribution >= 4 is 21.4 Å². The number of aryl methyl sites for hydroxylation is 2. The van der Waals surface area contributed by atoms with Gasteiger partial charge in [-0.05, 0) is 48.6 Å². The molecule has 1 heterocycles. The van der Waals surface area contributed by atoms with Crippen molar-refractivity contribution in [2.24, 2.45) is 0 Å². The lowest BCUT2D eigenvalue weighted by molar-refractivity contribution is 0.440. The van der Waals surface area contributed by atoms with Crippen LogP contribution in [0.3, 0.4) is 0 Å². The van der Waals surface area contributed by atoms with Crippen molar-refractivity contribution in [1.82, 2.24) is 9.97 Å². The Hall–Kier alpha value is -2.64. The number of unbranched alkanes of at least 4 members (excludes halogenated alkanes) is 2. The zero-order valence-electron chi connectivity index (χ0n) is 16.8. The van der Waals surface area contributed by atoms with E-state index in [-0.39, 0.29) is 26.4 Å². The first-order chi connectivity index (χ1) is 14.3. The molecule has 0 saturated carbocycles. The van der Waals surface area contributed by atoms with Gasteiger partial charge in [0.25, 0.3) is 0 Å². The molecule has 0 radical (unpaired) electrons. The number of halogens is 1. The van der Waals surface area contributed by atoms with E-state index < -0.39 is 15.6 Å². The van der Waals surface area contributed by atoms with Crippen LogP contribution < -0.4 is 0 Å². The molecule has 30 heavy (non-hydrogen) atoms. The summed E-state index contributed by atoms with van der Waals surface area (Å²) in [6.45, 7) is 3.91. The Balaban J connectivity index is 2.26. The van der Waals surface area contributed by atoms with Crippen LogP contribution >= 0.6 is 11.6 Å². The van der Waals surface area contributed by atoms with Gasteiger partial charge in [-0.15, -0.1) is 0 Å². The molecule has 0 aliphatic rings. The highest BCUT2D eigenvalue weighted by molar-refractivity contribution is 7.91. The Morgan fingerprint density at radius 2 is 1.77 bits per heavy atom. The van der Waals surface area contributed by atoms with Gasteiger partial charge in [-0.3, -0.25) is 0 Å². The van der Waals surface area contributed by atoms with Gasteiger partial charge < -0.3 is 10.2 Å². The number of sulfone groups is 1. The van der Waals surface area contributed by atoms with E-state index in [1.165, 1.54) is 6.07 Å². The van der Waals surface area contributed by atoms with E-state index >= 15 is 0 Å². The molecular formula is C22H23ClN2O4S. The predicted molar refractivity (Wildman–Crippen MR) is 116 cm³/mol. The molecule has 3 aromatic rings. The zero-order valence-corrected chi connectivity index (χ0v) is 18.3. The molecule has 2 N–H and O–H groups in total. The quantitative estimate of drug-likeness (QED) is 0.387. The molecule has 3 rings (SSSR count). The molecule has 0 saturated heterocycles. The van der Waals surface area contributed by atoms with E-state index in [0.29, 0.717) is 17.5 Å². The number of benzene rings is 2. The smallest absolute Gasteiger partial charge is 0.222 e. The van der Waals surface area contributed by atoms with E-state index in [1.807, 2.05) is 19.9 Å². The van der Waals surface area contributed by atoms with Crippen molar-refractivity contribution in [3.05, 3.63) is 59.1 Å². The summed E-state index contributed by atoms with van der Waals surface area (Å²) in [4.78, 5) is 7.10. The van der Waals surface area contributed by atoms with Crippen LogP contribution in [0.15, 0.2) is 52.5 Å². The maximum atomic E-state index is 13.4. The lowest BCUT2D eigenvalue weighted by Gasteiger charge is -2.17. The van der Waals surface area contributed by atoms with Crippen molar-refractivity contribution in [3.63, 3.8) is 0 Å². The highest BCUT2D eigenvalue weighted by atomic mass is 35.5. The second-order valence-electron chi connectivity index (χ2n) is 7.13. The van der Waals surface area contributed by atoms with Gasteiger partial charge in [-0.1, -0.05) is 49.6 Å². The first-order valence-corrected chi connectivity index (χ1v) is 11.5. The van der Waals surface area contributed by atoms with Crippen molar-refractivity contribution in [2.45, 2.75) is 49.3 Å². The van der Waals surface area contributed by atoms with Crippen LogP contribution in [0, 0.1) is 6.92 Å². The first-order valence-electron chi connectivity index (χ1n) is 9.63. The summed E-state index contributed by atoms with van der Waals surface area (Å²) in [6.07, 6.45) is 5.18. The fraction of sp³-hybridized carbons (Fsp3) is 0.273. The Kier molecular flexibility index (Phi) is 6.63. The third kappa shape index (κ3) is 4.42. The SMILES string of the molecule is CCCCCc1cc(O)c(-c2cccc(C)c2)c(O)c1S(=O)(=O)c1cnc(Cl)nc1. The van der Waals surface area contributed by atoms with Crippen molar-refractivity contribution in [1.29, 1.82) is 0 Å². The molecule has 0 spiro atoms. The molecule has 2 aromatic carbocycles. The maximum Gasteiger partial charge on any atom is 0.222 e. The summed E-state index contributed by atoms with van der Waals surface area (Å²) in [7, 11) is -4.16. The van der Waals surface area contributed by atoms with E-state index in [9.17, 15) is 18.6 Å². The highest BCUT2D eigenvalue weighted by Crippen LogP contribution is 2.45. The average Bonchev–Trinajstić information content (AvgIpc) is 2.68. The fourth-order valence-electron chi connectivity index (χ4n) is 3.38. The molecule has 1 aromatic heterocycles. The second-order valence-corrected chi connectivity index (χ2v) is 9.35. The minimum atomic E-state index is -4.16. The Labute approximate surface area is 181 Å². The Morgan fingerprint density at radius 3 is 2.40 bits per heavy atom. The number of aromatic nitrogens is 2. The monoisotopic (exact) mass is 446 g/mol. The standard InChI is InChI=1S/C22H23ClN2O4S/c1-3-4-5-8-16-11-18(26)19(15-9-6-7-14(2)10-15)20(27)21(16)30(28,29)17-12-24-22(23)25-13-17/h6-7,9-13,26-27H,3-5,8H2,1-2H3. The molecule has 0 aliphatic heterocycles. The van der Waals surface area contributed by atoms with Crippen LogP contribution in [0.2, 0.25) is 5.28 Å². The minimum Gasteiger partial charge on any atom is -0.507 e. The van der Waals surface area contributed by atoms with Crippen molar-refractivity contribution in [3.8, 4) is 22.6 Å². The van der Waals surface area contributed by atoms with Crippen LogP contribution in [0.25, 0.3) is 11.1 Å². The summed E-state index contributed by atoms with van der Waals surface area (Å²) < 4.78 is 26.8. The number of aromatic hydroxyl groups is 2. The van der Waals surface area contributed by atoms with Crippen LogP contribution in [0.5, 0.6) is 11.5 Å². The number of rotatable bonds is 7. The molecular weight excluding hydrogens is 424 g/mol. The lowest BCUT2D eigenvalue weighted by Crippen LogP contribution is -2.08. The fourth-order valence-corrected chi connectivity index (χ4v) is 4.96. The van der Waals surface area contributed by atoms with Gasteiger partial charge in [-0.25, -0.2) is 18.4 Å². The van der Waals surface area contributed by atoms with E-state index in [2.05, 4.69) is 9.97 Å². The zero-order chi connectivity index (χ0) is 21.9. The second kappa shape index (κ2) is 9.02. The van der Waals surface area contributed by atoms with Gasteiger partial charge in [0.1, 0.15) is 21.3 Å². The van der Waals surface area contributed by atoms with Gasteiger partial charge >= 0.3 is 0 Å². The molecule has 6 nitrogen and oxygen atoms in total. The minimum absolute atomic E-state index is 0.0754. The van der Waals surface area contributed by atoms with Gasteiger partial charge in [-0.2, -0.15) is 0 Å². The number of nitrogens with zero attached hydrogens (tertiary/aromatic N) is 2. The molecule has 0 bridgehead atoms. The molecule has 0 unspecified atom stereocenters. The van der Waals surface area contributed by atoms with Gasteiger partial charge in [0, 0.05) is 0 Å². The normalized spacial score (nSPS) is 11.6. The van der Waals surface area contributed by atoms with Crippen LogP contribution in [-0.2, 0) is 16.3 Å². The van der Waals surface area contributed by atoms with Gasteiger partial charge in [0.2, 0.25) is 15.1 Å². The Bertz CT molecular complexity index is 1160. The summed E-state index contributed by atoms with van der Waals surface area (Å²) >= 11 is 5.70. The molecule has 8 heteroatoms. The topological polar surface area (TPSA) is 100 Å². The van der Waals surface area contributed by atoms with E-state index in [4.69, 9.17) is 11.6 Å². The molecule has 158 valence electrons. The number of phenols is 2. The molecule has 0 aliphatic carbocycles. The van der Waals surface area contributed by atoms with Crippen LogP contribution in [0.1, 0.15) is 37.3 Å². The summed E-state index contributed by atoms with van der Waals surface area (Å²) in [6, 6.07) is 8.56. The third-order valence-corrected chi connectivity index (χ3v) is 6.86. The lowest BCUT2D eigenvalue weighted by atomic mass is 9.97. The van der Waals surface area contributed by atoms with Crippen LogP contribution in [-0.4, -0.2) is 28.6 Å². The average molecular weight is 447 g/mol. The van der Waals surface area contributed by atoms with E-state index in [0.717, 1.165) is 37.2 Å². The largest absolute Gasteiger partial charge is 0.507 e. The summed E-state index contributed by atoms with van der Waals surface area (Å²) in [5.74, 6) is -0.655. The van der Waals surface area contributed by atoms with Crippen molar-refractivity contribution in [2.75, 3.05) is 0 Å². The summed E-state index contributed by atoms with van der Waals surface area (Å²) in [5, 5.41) is 21.7. The number of phenolic OH excluding ortho intramolecular Hbond substituents is 2.